The van der Waals surface area contributed by atoms with Gasteiger partial charge in [0.2, 0.25) is 0 Å². The summed E-state index contributed by atoms with van der Waals surface area (Å²) in [5.41, 5.74) is 0.232. The van der Waals surface area contributed by atoms with Gasteiger partial charge in [0, 0.05) is 43.6 Å². The van der Waals surface area contributed by atoms with Crippen LogP contribution < -0.4 is 5.32 Å². The summed E-state index contributed by atoms with van der Waals surface area (Å²) in [7, 11) is 0. The molecule has 0 bridgehead atoms. The van der Waals surface area contributed by atoms with E-state index in [2.05, 4.69) is 22.0 Å². The molecule has 1 aliphatic carbocycles. The van der Waals surface area contributed by atoms with Gasteiger partial charge in [0.05, 0.1) is 5.60 Å². The normalized spacial score (nSPS) is 44.2. The second kappa shape index (κ2) is 5.21. The van der Waals surface area contributed by atoms with Crippen LogP contribution >= 0.6 is 11.8 Å². The van der Waals surface area contributed by atoms with E-state index in [1.54, 1.807) is 0 Å². The molecular weight excluding hydrogens is 256 g/mol. The molecule has 3 saturated heterocycles. The molecule has 3 unspecified atom stereocenters. The Hall–Kier alpha value is 0.230. The van der Waals surface area contributed by atoms with Gasteiger partial charge in [-0.3, -0.25) is 4.90 Å². The monoisotopic (exact) mass is 282 g/mol. The second-order valence-electron chi connectivity index (χ2n) is 6.90. The van der Waals surface area contributed by atoms with Gasteiger partial charge in [0.25, 0.3) is 0 Å². The van der Waals surface area contributed by atoms with Gasteiger partial charge in [-0.05, 0) is 44.3 Å². The van der Waals surface area contributed by atoms with Gasteiger partial charge in [0.1, 0.15) is 0 Å². The molecule has 4 aliphatic rings. The van der Waals surface area contributed by atoms with Crippen molar-refractivity contribution in [3.05, 3.63) is 0 Å². The van der Waals surface area contributed by atoms with Gasteiger partial charge in [-0.15, -0.1) is 0 Å². The standard InChI is InChI=1S/C15H26N2OS/c1-2-14(1)17-6-3-13(10-17)16-12-4-7-18-15(9-12)5-8-19-11-15/h12-14,16H,1-11H2. The summed E-state index contributed by atoms with van der Waals surface area (Å²) in [6.07, 6.45) is 7.99. The summed E-state index contributed by atoms with van der Waals surface area (Å²) in [5.74, 6) is 2.52. The highest BCUT2D eigenvalue weighted by Gasteiger charge is 2.41. The van der Waals surface area contributed by atoms with Crippen molar-refractivity contribution < 1.29 is 4.74 Å². The van der Waals surface area contributed by atoms with Crippen molar-refractivity contribution >= 4 is 11.8 Å². The first-order valence-electron chi connectivity index (χ1n) is 8.05. The van der Waals surface area contributed by atoms with E-state index in [1.807, 2.05) is 0 Å². The second-order valence-corrected chi connectivity index (χ2v) is 8.01. The van der Waals surface area contributed by atoms with E-state index in [1.165, 1.54) is 63.1 Å². The lowest BCUT2D eigenvalue weighted by Crippen LogP contribution is -2.50. The lowest BCUT2D eigenvalue weighted by atomic mass is 9.89. The van der Waals surface area contributed by atoms with Crippen LogP contribution in [0.3, 0.4) is 0 Å². The quantitative estimate of drug-likeness (QED) is 0.854. The fourth-order valence-corrected chi connectivity index (χ4v) is 5.44. The fourth-order valence-electron chi connectivity index (χ4n) is 4.06. The number of rotatable bonds is 3. The first-order chi connectivity index (χ1) is 9.33. The minimum atomic E-state index is 0.232. The van der Waals surface area contributed by atoms with E-state index >= 15 is 0 Å². The smallest absolute Gasteiger partial charge is 0.0795 e. The van der Waals surface area contributed by atoms with Crippen LogP contribution in [0.1, 0.15) is 38.5 Å². The number of hydrogen-bond acceptors (Lipinski definition) is 4. The Labute approximate surface area is 120 Å². The number of nitrogens with zero attached hydrogens (tertiary/aromatic N) is 1. The molecule has 0 radical (unpaired) electrons. The van der Waals surface area contributed by atoms with E-state index in [4.69, 9.17) is 4.74 Å². The van der Waals surface area contributed by atoms with Crippen molar-refractivity contribution in [2.75, 3.05) is 31.2 Å². The van der Waals surface area contributed by atoms with Crippen molar-refractivity contribution in [1.82, 2.24) is 10.2 Å². The van der Waals surface area contributed by atoms with E-state index in [9.17, 15) is 0 Å². The molecular formula is C15H26N2OS. The molecule has 0 aromatic heterocycles. The molecule has 3 aliphatic heterocycles. The Morgan fingerprint density at radius 3 is 2.89 bits per heavy atom. The zero-order chi connectivity index (χ0) is 12.7. The third-order valence-corrected chi connectivity index (χ3v) is 6.54. The topological polar surface area (TPSA) is 24.5 Å². The Kier molecular flexibility index (Phi) is 3.55. The Morgan fingerprint density at radius 1 is 1.16 bits per heavy atom. The zero-order valence-corrected chi connectivity index (χ0v) is 12.6. The Balaban J connectivity index is 1.30. The van der Waals surface area contributed by atoms with Crippen molar-refractivity contribution in [2.24, 2.45) is 0 Å². The molecule has 4 fully saturated rings. The average molecular weight is 282 g/mol. The predicted octanol–water partition coefficient (Wildman–Crippen LogP) is 1.87. The van der Waals surface area contributed by atoms with Crippen LogP contribution in [0.2, 0.25) is 0 Å². The maximum absolute atomic E-state index is 6.12. The minimum absolute atomic E-state index is 0.232. The Bertz CT molecular complexity index is 328. The van der Waals surface area contributed by atoms with Crippen LogP contribution in [-0.4, -0.2) is 59.8 Å². The maximum atomic E-state index is 6.12. The lowest BCUT2D eigenvalue weighted by Gasteiger charge is -2.39. The molecule has 108 valence electrons. The van der Waals surface area contributed by atoms with E-state index in [0.717, 1.165) is 18.7 Å². The Morgan fingerprint density at radius 2 is 2.11 bits per heavy atom. The van der Waals surface area contributed by atoms with Crippen LogP contribution in [0, 0.1) is 0 Å². The number of ether oxygens (including phenoxy) is 1. The van der Waals surface area contributed by atoms with Gasteiger partial charge in [-0.1, -0.05) is 0 Å². The number of nitrogens with one attached hydrogen (secondary N) is 1. The first kappa shape index (κ1) is 12.9. The van der Waals surface area contributed by atoms with E-state index in [-0.39, 0.29) is 5.60 Å². The van der Waals surface area contributed by atoms with Crippen molar-refractivity contribution in [3.8, 4) is 0 Å². The van der Waals surface area contributed by atoms with Gasteiger partial charge in [-0.25, -0.2) is 0 Å². The highest BCUT2D eigenvalue weighted by molar-refractivity contribution is 7.99. The highest BCUT2D eigenvalue weighted by atomic mass is 32.2. The van der Waals surface area contributed by atoms with Crippen molar-refractivity contribution in [3.63, 3.8) is 0 Å². The summed E-state index contributed by atoms with van der Waals surface area (Å²) in [4.78, 5) is 2.71. The summed E-state index contributed by atoms with van der Waals surface area (Å²) in [5, 5.41) is 3.95. The molecule has 19 heavy (non-hydrogen) atoms. The molecule has 4 rings (SSSR count). The molecule has 0 aromatic carbocycles. The van der Waals surface area contributed by atoms with E-state index in [0.29, 0.717) is 6.04 Å². The molecule has 1 saturated carbocycles. The molecule has 3 nitrogen and oxygen atoms in total. The molecule has 3 atom stereocenters. The maximum Gasteiger partial charge on any atom is 0.0795 e. The largest absolute Gasteiger partial charge is 0.374 e. The summed E-state index contributed by atoms with van der Waals surface area (Å²) < 4.78 is 6.12. The van der Waals surface area contributed by atoms with Crippen LogP contribution in [0.5, 0.6) is 0 Å². The zero-order valence-electron chi connectivity index (χ0n) is 11.8. The molecule has 0 amide bonds. The van der Waals surface area contributed by atoms with Crippen LogP contribution in [0.25, 0.3) is 0 Å². The van der Waals surface area contributed by atoms with Gasteiger partial charge < -0.3 is 10.1 Å². The third kappa shape index (κ3) is 2.82. The predicted molar refractivity (Wildman–Crippen MR) is 79.8 cm³/mol. The number of hydrogen-bond donors (Lipinski definition) is 1. The van der Waals surface area contributed by atoms with Crippen LogP contribution in [0.15, 0.2) is 0 Å². The van der Waals surface area contributed by atoms with Crippen LogP contribution in [0.4, 0.5) is 0 Å². The molecule has 0 aromatic rings. The molecule has 1 spiro atoms. The fraction of sp³-hybridized carbons (Fsp3) is 1.00. The molecule has 1 N–H and O–H groups in total. The summed E-state index contributed by atoms with van der Waals surface area (Å²) >= 11 is 2.08. The summed E-state index contributed by atoms with van der Waals surface area (Å²) in [6, 6.07) is 2.39. The van der Waals surface area contributed by atoms with E-state index < -0.39 is 0 Å². The molecule has 3 heterocycles. The van der Waals surface area contributed by atoms with Crippen molar-refractivity contribution in [1.29, 1.82) is 0 Å². The average Bonchev–Trinajstić information content (AvgIpc) is 3.01. The molecule has 4 heteroatoms. The lowest BCUT2D eigenvalue weighted by molar-refractivity contribution is -0.0712. The minimum Gasteiger partial charge on any atom is -0.374 e. The third-order valence-electron chi connectivity index (χ3n) is 5.31. The van der Waals surface area contributed by atoms with Gasteiger partial charge in [0.15, 0.2) is 0 Å². The van der Waals surface area contributed by atoms with Crippen molar-refractivity contribution in [2.45, 2.75) is 62.3 Å². The number of thioether (sulfide) groups is 1. The SMILES string of the molecule is C1CC(NC2CCN(C3CC3)C2)CC2(CCSC2)O1. The van der Waals surface area contributed by atoms with Gasteiger partial charge >= 0.3 is 0 Å². The number of likely N-dealkylation sites (tertiary alicyclic amines) is 1. The highest BCUT2D eigenvalue weighted by Crippen LogP contribution is 2.38. The van der Waals surface area contributed by atoms with Crippen LogP contribution in [-0.2, 0) is 4.74 Å². The van der Waals surface area contributed by atoms with Gasteiger partial charge in [-0.2, -0.15) is 11.8 Å². The summed E-state index contributed by atoms with van der Waals surface area (Å²) in [6.45, 7) is 3.59. The first-order valence-corrected chi connectivity index (χ1v) is 9.20.